The highest BCUT2D eigenvalue weighted by atomic mass is 32.2. The maximum Gasteiger partial charge on any atom is 0.211 e. The summed E-state index contributed by atoms with van der Waals surface area (Å²) >= 11 is 0. The van der Waals surface area contributed by atoms with Crippen LogP contribution in [0.15, 0.2) is 42.6 Å². The van der Waals surface area contributed by atoms with Crippen LogP contribution >= 0.6 is 0 Å². The molecule has 0 spiro atoms. The van der Waals surface area contributed by atoms with Gasteiger partial charge >= 0.3 is 0 Å². The molecule has 0 atom stereocenters. The van der Waals surface area contributed by atoms with Crippen molar-refractivity contribution in [2.75, 3.05) is 44.0 Å². The van der Waals surface area contributed by atoms with Crippen molar-refractivity contribution in [2.45, 2.75) is 20.0 Å². The summed E-state index contributed by atoms with van der Waals surface area (Å²) in [5.41, 5.74) is 5.62. The fraction of sp³-hybridized carbons (Fsp3) is 0.375. The molecule has 1 fully saturated rings. The van der Waals surface area contributed by atoms with Gasteiger partial charge < -0.3 is 14.2 Å². The molecule has 0 saturated carbocycles. The van der Waals surface area contributed by atoms with E-state index in [1.807, 2.05) is 29.0 Å². The Morgan fingerprint density at radius 1 is 1.00 bits per heavy atom. The molecule has 0 amide bonds. The Kier molecular flexibility index (Phi) is 5.35. The highest BCUT2D eigenvalue weighted by Crippen LogP contribution is 2.31. The minimum absolute atomic E-state index is 0.242. The largest absolute Gasteiger partial charge is 0.378 e. The van der Waals surface area contributed by atoms with E-state index < -0.39 is 10.0 Å². The first-order chi connectivity index (χ1) is 16.9. The lowest BCUT2D eigenvalue weighted by Crippen LogP contribution is -2.37. The molecule has 0 bridgehead atoms. The molecule has 182 valence electrons. The highest BCUT2D eigenvalue weighted by molar-refractivity contribution is 7.88. The van der Waals surface area contributed by atoms with Crippen molar-refractivity contribution in [2.24, 2.45) is 0 Å². The van der Waals surface area contributed by atoms with Crippen LogP contribution in [0.5, 0.6) is 0 Å². The van der Waals surface area contributed by atoms with E-state index in [-0.39, 0.29) is 6.54 Å². The predicted molar refractivity (Wildman–Crippen MR) is 133 cm³/mol. The number of morpholine rings is 1. The van der Waals surface area contributed by atoms with Crippen LogP contribution in [0, 0.1) is 6.92 Å². The average molecular weight is 494 g/mol. The van der Waals surface area contributed by atoms with E-state index in [0.717, 1.165) is 41.2 Å². The monoisotopic (exact) mass is 493 g/mol. The third-order valence-electron chi connectivity index (χ3n) is 6.60. The summed E-state index contributed by atoms with van der Waals surface area (Å²) in [5.74, 6) is 1.41. The molecule has 0 radical (unpaired) electrons. The second-order valence-electron chi connectivity index (χ2n) is 9.06. The van der Waals surface area contributed by atoms with Crippen molar-refractivity contribution < 1.29 is 13.2 Å². The van der Waals surface area contributed by atoms with Crippen molar-refractivity contribution in [1.29, 1.82) is 0 Å². The Bertz CT molecular complexity index is 1520. The van der Waals surface area contributed by atoms with E-state index in [1.165, 1.54) is 16.1 Å². The Balaban J connectivity index is 1.47. The number of aryl methyl sites for hydroxylation is 1. The van der Waals surface area contributed by atoms with Crippen molar-refractivity contribution in [3.8, 4) is 17.1 Å². The number of ether oxygens (including phenoxy) is 1. The van der Waals surface area contributed by atoms with Gasteiger partial charge in [-0.05, 0) is 19.1 Å². The van der Waals surface area contributed by atoms with Crippen LogP contribution in [0.25, 0.3) is 28.2 Å². The number of anilines is 1. The lowest BCUT2D eigenvalue weighted by atomic mass is 10.1. The molecule has 0 aliphatic carbocycles. The van der Waals surface area contributed by atoms with Gasteiger partial charge in [0, 0.05) is 44.0 Å². The molecule has 2 aliphatic heterocycles. The zero-order valence-electron chi connectivity index (χ0n) is 19.8. The third kappa shape index (κ3) is 4.09. The van der Waals surface area contributed by atoms with E-state index in [0.29, 0.717) is 37.9 Å². The van der Waals surface area contributed by atoms with Gasteiger partial charge in [-0.25, -0.2) is 23.1 Å². The molecule has 3 aromatic heterocycles. The van der Waals surface area contributed by atoms with Crippen LogP contribution in [0.1, 0.15) is 11.4 Å². The molecular weight excluding hydrogens is 466 g/mol. The summed E-state index contributed by atoms with van der Waals surface area (Å²) in [5, 5.41) is 4.82. The van der Waals surface area contributed by atoms with Gasteiger partial charge in [-0.15, -0.1) is 0 Å². The van der Waals surface area contributed by atoms with Crippen molar-refractivity contribution >= 4 is 26.9 Å². The number of aromatic nitrogens is 5. The van der Waals surface area contributed by atoms with Gasteiger partial charge in [-0.1, -0.05) is 23.8 Å². The first-order valence-corrected chi connectivity index (χ1v) is 13.5. The molecule has 0 N–H and O–H groups in total. The number of nitrogens with zero attached hydrogens (tertiary/aromatic N) is 7. The molecule has 4 aromatic rings. The van der Waals surface area contributed by atoms with E-state index in [4.69, 9.17) is 19.8 Å². The van der Waals surface area contributed by atoms with E-state index >= 15 is 0 Å². The van der Waals surface area contributed by atoms with Crippen LogP contribution in [-0.2, 0) is 27.8 Å². The molecule has 6 rings (SSSR count). The molecule has 0 unspecified atom stereocenters. The van der Waals surface area contributed by atoms with Gasteiger partial charge in [0.15, 0.2) is 11.5 Å². The van der Waals surface area contributed by atoms with Crippen LogP contribution in [0.4, 0.5) is 5.69 Å². The topological polar surface area (TPSA) is 98.4 Å². The molecule has 1 saturated heterocycles. The summed E-state index contributed by atoms with van der Waals surface area (Å²) in [7, 11) is -3.30. The quantitative estimate of drug-likeness (QED) is 0.430. The molecule has 2 aliphatic rings. The number of hydrogen-bond donors (Lipinski definition) is 0. The van der Waals surface area contributed by atoms with Crippen molar-refractivity contribution in [3.05, 3.63) is 54.0 Å². The maximum atomic E-state index is 12.1. The highest BCUT2D eigenvalue weighted by Gasteiger charge is 2.29. The average Bonchev–Trinajstić information content (AvgIpc) is 3.48. The van der Waals surface area contributed by atoms with E-state index in [2.05, 4.69) is 30.0 Å². The summed E-state index contributed by atoms with van der Waals surface area (Å²) in [4.78, 5) is 12.1. The van der Waals surface area contributed by atoms with Crippen LogP contribution in [0.3, 0.4) is 0 Å². The maximum absolute atomic E-state index is 12.1. The summed E-state index contributed by atoms with van der Waals surface area (Å²) < 4.78 is 35.2. The predicted octanol–water partition coefficient (Wildman–Crippen LogP) is 2.20. The Morgan fingerprint density at radius 2 is 1.83 bits per heavy atom. The molecule has 35 heavy (non-hydrogen) atoms. The fourth-order valence-corrected chi connectivity index (χ4v) is 5.53. The lowest BCUT2D eigenvalue weighted by molar-refractivity contribution is 0.123. The SMILES string of the molecule is Cc1cccc(-c2ccn(-c3cc(N4CCOCC4)c4nc5n(c4n3)CCN(S(C)(=O)=O)C5)n2)c1. The summed E-state index contributed by atoms with van der Waals surface area (Å²) in [6.45, 7) is 6.01. The first kappa shape index (κ1) is 22.2. The standard InChI is InChI=1S/C24H27N7O3S/c1-17-4-3-5-18(14-17)19-6-7-31(27-19)21-15-20(28-10-12-34-13-11-28)23-24(26-21)30-9-8-29(35(2,32)33)16-22(30)25-23/h3-7,14-15H,8-13,16H2,1-2H3. The normalized spacial score (nSPS) is 17.1. The molecule has 10 nitrogen and oxygen atoms in total. The van der Waals surface area contributed by atoms with Gasteiger partial charge in [0.2, 0.25) is 10.0 Å². The summed E-state index contributed by atoms with van der Waals surface area (Å²) in [6, 6.07) is 12.3. The van der Waals surface area contributed by atoms with Crippen molar-refractivity contribution in [1.82, 2.24) is 28.6 Å². The van der Waals surface area contributed by atoms with Gasteiger partial charge in [0.25, 0.3) is 0 Å². The lowest BCUT2D eigenvalue weighted by Gasteiger charge is -2.29. The van der Waals surface area contributed by atoms with Gasteiger partial charge in [-0.2, -0.15) is 9.40 Å². The van der Waals surface area contributed by atoms with Gasteiger partial charge in [0.05, 0.1) is 37.4 Å². The van der Waals surface area contributed by atoms with Crippen LogP contribution in [-0.4, -0.2) is 76.1 Å². The Hall–Kier alpha value is -3.28. The number of sulfonamides is 1. The van der Waals surface area contributed by atoms with Crippen molar-refractivity contribution in [3.63, 3.8) is 0 Å². The third-order valence-corrected chi connectivity index (χ3v) is 7.85. The van der Waals surface area contributed by atoms with E-state index in [1.54, 1.807) is 4.68 Å². The minimum Gasteiger partial charge on any atom is -0.378 e. The summed E-state index contributed by atoms with van der Waals surface area (Å²) in [6.07, 6.45) is 3.16. The number of hydrogen-bond acceptors (Lipinski definition) is 7. The number of fused-ring (bicyclic) bond motifs is 3. The second-order valence-corrected chi connectivity index (χ2v) is 11.0. The second kappa shape index (κ2) is 8.43. The molecule has 11 heteroatoms. The van der Waals surface area contributed by atoms with Crippen LogP contribution in [0.2, 0.25) is 0 Å². The van der Waals surface area contributed by atoms with Gasteiger partial charge in [-0.3, -0.25) is 0 Å². The number of benzene rings is 1. The minimum atomic E-state index is -3.30. The van der Waals surface area contributed by atoms with E-state index in [9.17, 15) is 8.42 Å². The molecule has 5 heterocycles. The Labute approximate surface area is 203 Å². The zero-order chi connectivity index (χ0) is 24.2. The fourth-order valence-electron chi connectivity index (χ4n) is 4.77. The first-order valence-electron chi connectivity index (χ1n) is 11.7. The number of rotatable bonds is 4. The zero-order valence-corrected chi connectivity index (χ0v) is 20.6. The van der Waals surface area contributed by atoms with Crippen LogP contribution < -0.4 is 4.90 Å². The number of imidazole rings is 1. The smallest absolute Gasteiger partial charge is 0.211 e. The van der Waals surface area contributed by atoms with Gasteiger partial charge in [0.1, 0.15) is 11.3 Å². The number of pyridine rings is 1. The molecular formula is C24H27N7O3S. The Morgan fingerprint density at radius 3 is 2.60 bits per heavy atom. The molecule has 1 aromatic carbocycles.